The third-order valence-corrected chi connectivity index (χ3v) is 2.87. The molecule has 0 amide bonds. The first-order valence-corrected chi connectivity index (χ1v) is 5.18. The predicted molar refractivity (Wildman–Crippen MR) is 50.1 cm³/mol. The number of hydrazine groups is 1. The van der Waals surface area contributed by atoms with Crippen LogP contribution >= 0.6 is 11.8 Å². The van der Waals surface area contributed by atoms with Crippen molar-refractivity contribution in [3.05, 3.63) is 0 Å². The van der Waals surface area contributed by atoms with Crippen molar-refractivity contribution in [2.45, 2.75) is 12.1 Å². The molecule has 0 aromatic carbocycles. The second kappa shape index (κ2) is 5.77. The summed E-state index contributed by atoms with van der Waals surface area (Å²) in [7, 11) is 1.67. The monoisotopic (exact) mass is 192 g/mol. The molecule has 0 aromatic heterocycles. The molecule has 4 nitrogen and oxygen atoms in total. The Morgan fingerprint density at radius 1 is 1.83 bits per heavy atom. The van der Waals surface area contributed by atoms with Crippen molar-refractivity contribution in [2.75, 3.05) is 31.8 Å². The van der Waals surface area contributed by atoms with E-state index in [4.69, 9.17) is 15.3 Å². The number of hydrogen-bond acceptors (Lipinski definition) is 5. The Labute approximate surface area is 77.1 Å². The molecular formula is C7H16N2O2S. The number of methoxy groups -OCH3 is 1. The Kier molecular flexibility index (Phi) is 4.94. The molecule has 1 aliphatic rings. The van der Waals surface area contributed by atoms with Crippen molar-refractivity contribution in [2.24, 2.45) is 5.84 Å². The van der Waals surface area contributed by atoms with E-state index in [2.05, 4.69) is 5.43 Å². The van der Waals surface area contributed by atoms with Crippen LogP contribution in [0, 0.1) is 0 Å². The molecule has 3 N–H and O–H groups in total. The van der Waals surface area contributed by atoms with Crippen molar-refractivity contribution in [3.63, 3.8) is 0 Å². The lowest BCUT2D eigenvalue weighted by molar-refractivity contribution is 0.0206. The average molecular weight is 192 g/mol. The third kappa shape index (κ3) is 2.91. The van der Waals surface area contributed by atoms with Crippen LogP contribution in [-0.2, 0) is 9.47 Å². The number of nitrogens with one attached hydrogen (secondary N) is 1. The smallest absolute Gasteiger partial charge is 0.0854 e. The van der Waals surface area contributed by atoms with E-state index in [0.717, 1.165) is 18.1 Å². The average Bonchev–Trinajstić information content (AvgIpc) is 2.15. The fourth-order valence-electron chi connectivity index (χ4n) is 1.18. The molecule has 1 saturated heterocycles. The maximum absolute atomic E-state index is 5.54. The highest BCUT2D eigenvalue weighted by atomic mass is 32.2. The second-order valence-electron chi connectivity index (χ2n) is 2.71. The lowest BCUT2D eigenvalue weighted by Gasteiger charge is -2.29. The SMILES string of the molecule is COCC(NN)C1CSCCO1. The van der Waals surface area contributed by atoms with Gasteiger partial charge in [-0.2, -0.15) is 11.8 Å². The molecule has 2 atom stereocenters. The van der Waals surface area contributed by atoms with Gasteiger partial charge in [-0.05, 0) is 0 Å². The van der Waals surface area contributed by atoms with Crippen LogP contribution in [0.1, 0.15) is 0 Å². The molecule has 5 heteroatoms. The van der Waals surface area contributed by atoms with Crippen LogP contribution in [0.5, 0.6) is 0 Å². The third-order valence-electron chi connectivity index (χ3n) is 1.85. The summed E-state index contributed by atoms with van der Waals surface area (Å²) < 4.78 is 10.6. The number of rotatable bonds is 4. The normalized spacial score (nSPS) is 27.0. The first-order valence-electron chi connectivity index (χ1n) is 4.03. The highest BCUT2D eigenvalue weighted by molar-refractivity contribution is 7.99. The van der Waals surface area contributed by atoms with Crippen molar-refractivity contribution in [3.8, 4) is 0 Å². The molecule has 0 aliphatic carbocycles. The van der Waals surface area contributed by atoms with E-state index in [9.17, 15) is 0 Å². The minimum atomic E-state index is 0.114. The highest BCUT2D eigenvalue weighted by Gasteiger charge is 2.23. The summed E-state index contributed by atoms with van der Waals surface area (Å²) in [6.07, 6.45) is 0.189. The summed E-state index contributed by atoms with van der Waals surface area (Å²) in [6, 6.07) is 0.114. The van der Waals surface area contributed by atoms with Crippen LogP contribution in [-0.4, -0.2) is 44.0 Å². The van der Waals surface area contributed by atoms with Crippen molar-refractivity contribution in [1.29, 1.82) is 0 Å². The predicted octanol–water partition coefficient (Wildman–Crippen LogP) is -0.403. The second-order valence-corrected chi connectivity index (χ2v) is 3.86. The molecule has 0 aromatic rings. The van der Waals surface area contributed by atoms with Gasteiger partial charge in [0.05, 0.1) is 25.4 Å². The topological polar surface area (TPSA) is 56.5 Å². The fraction of sp³-hybridized carbons (Fsp3) is 1.00. The van der Waals surface area contributed by atoms with E-state index in [1.54, 1.807) is 7.11 Å². The van der Waals surface area contributed by atoms with Crippen molar-refractivity contribution < 1.29 is 9.47 Å². The summed E-state index contributed by atoms with van der Waals surface area (Å²) in [4.78, 5) is 0. The zero-order valence-electron chi connectivity index (χ0n) is 7.29. The fourth-order valence-corrected chi connectivity index (χ4v) is 2.12. The Hall–Kier alpha value is 0.190. The number of nitrogens with two attached hydrogens (primary N) is 1. The first-order chi connectivity index (χ1) is 5.88. The summed E-state index contributed by atoms with van der Waals surface area (Å²) >= 11 is 1.90. The number of thioether (sulfide) groups is 1. The Morgan fingerprint density at radius 3 is 3.17 bits per heavy atom. The zero-order chi connectivity index (χ0) is 8.81. The molecule has 1 heterocycles. The van der Waals surface area contributed by atoms with Crippen molar-refractivity contribution in [1.82, 2.24) is 5.43 Å². The summed E-state index contributed by atoms with van der Waals surface area (Å²) in [5.41, 5.74) is 2.71. The lowest BCUT2D eigenvalue weighted by Crippen LogP contribution is -2.50. The van der Waals surface area contributed by atoms with Gasteiger partial charge >= 0.3 is 0 Å². The minimum Gasteiger partial charge on any atom is -0.383 e. The van der Waals surface area contributed by atoms with Gasteiger partial charge in [0.1, 0.15) is 0 Å². The number of ether oxygens (including phenoxy) is 2. The van der Waals surface area contributed by atoms with E-state index < -0.39 is 0 Å². The molecule has 1 aliphatic heterocycles. The van der Waals surface area contributed by atoms with E-state index in [1.807, 2.05) is 11.8 Å². The molecule has 0 spiro atoms. The molecule has 0 bridgehead atoms. The van der Waals surface area contributed by atoms with Crippen LogP contribution < -0.4 is 11.3 Å². The van der Waals surface area contributed by atoms with Gasteiger partial charge in [0.2, 0.25) is 0 Å². The standard InChI is InChI=1S/C7H16N2O2S/c1-10-4-6(9-8)7-5-12-3-2-11-7/h6-7,9H,2-5,8H2,1H3. The van der Waals surface area contributed by atoms with Gasteiger partial charge in [0.25, 0.3) is 0 Å². The largest absolute Gasteiger partial charge is 0.383 e. The summed E-state index contributed by atoms with van der Waals surface area (Å²) in [5.74, 6) is 7.45. The zero-order valence-corrected chi connectivity index (χ0v) is 8.10. The van der Waals surface area contributed by atoms with E-state index in [1.165, 1.54) is 0 Å². The van der Waals surface area contributed by atoms with Gasteiger partial charge in [-0.15, -0.1) is 0 Å². The lowest BCUT2D eigenvalue weighted by atomic mass is 10.2. The van der Waals surface area contributed by atoms with Gasteiger partial charge in [-0.1, -0.05) is 0 Å². The highest BCUT2D eigenvalue weighted by Crippen LogP contribution is 2.15. The molecule has 1 rings (SSSR count). The maximum atomic E-state index is 5.54. The minimum absolute atomic E-state index is 0.114. The quantitative estimate of drug-likeness (QED) is 0.469. The Morgan fingerprint density at radius 2 is 2.67 bits per heavy atom. The maximum Gasteiger partial charge on any atom is 0.0854 e. The van der Waals surface area contributed by atoms with Gasteiger partial charge in [-0.25, -0.2) is 0 Å². The Balaban J connectivity index is 2.29. The van der Waals surface area contributed by atoms with Crippen molar-refractivity contribution >= 4 is 11.8 Å². The number of hydrogen-bond donors (Lipinski definition) is 2. The summed E-state index contributed by atoms with van der Waals surface area (Å²) in [6.45, 7) is 1.42. The van der Waals surface area contributed by atoms with E-state index in [0.29, 0.717) is 6.61 Å². The van der Waals surface area contributed by atoms with Gasteiger partial charge < -0.3 is 9.47 Å². The molecule has 0 saturated carbocycles. The van der Waals surface area contributed by atoms with Crippen LogP contribution in [0.2, 0.25) is 0 Å². The van der Waals surface area contributed by atoms with Gasteiger partial charge in [0.15, 0.2) is 0 Å². The van der Waals surface area contributed by atoms with Gasteiger partial charge in [0, 0.05) is 18.6 Å². The first kappa shape index (κ1) is 10.3. The molecule has 1 fully saturated rings. The Bertz CT molecular complexity index is 117. The van der Waals surface area contributed by atoms with Crippen LogP contribution in [0.4, 0.5) is 0 Å². The van der Waals surface area contributed by atoms with Crippen LogP contribution in [0.3, 0.4) is 0 Å². The van der Waals surface area contributed by atoms with E-state index in [-0.39, 0.29) is 12.1 Å². The van der Waals surface area contributed by atoms with Crippen LogP contribution in [0.15, 0.2) is 0 Å². The molecule has 72 valence electrons. The molecule has 12 heavy (non-hydrogen) atoms. The molecule has 2 unspecified atom stereocenters. The molecule has 0 radical (unpaired) electrons. The van der Waals surface area contributed by atoms with E-state index >= 15 is 0 Å². The molecular weight excluding hydrogens is 176 g/mol. The van der Waals surface area contributed by atoms with Crippen LogP contribution in [0.25, 0.3) is 0 Å². The van der Waals surface area contributed by atoms with Gasteiger partial charge in [-0.3, -0.25) is 11.3 Å². The summed E-state index contributed by atoms with van der Waals surface area (Å²) in [5, 5.41) is 0.